The molecule has 0 spiro atoms. The lowest BCUT2D eigenvalue weighted by molar-refractivity contribution is 0.250. The van der Waals surface area contributed by atoms with Gasteiger partial charge in [0.2, 0.25) is 0 Å². The van der Waals surface area contributed by atoms with E-state index < -0.39 is 0 Å². The van der Waals surface area contributed by atoms with Crippen molar-refractivity contribution in [2.24, 2.45) is 0 Å². The number of hydrogen-bond acceptors (Lipinski definition) is 3. The average Bonchev–Trinajstić information content (AvgIpc) is 3.26. The molecule has 1 saturated heterocycles. The molecule has 3 aromatic carbocycles. The van der Waals surface area contributed by atoms with Crippen molar-refractivity contribution in [3.05, 3.63) is 118 Å². The summed E-state index contributed by atoms with van der Waals surface area (Å²) < 4.78 is 3.56. The van der Waals surface area contributed by atoms with Gasteiger partial charge in [0.15, 0.2) is 0 Å². The fraction of sp³-hybridized carbons (Fsp3) is 0.276. The van der Waals surface area contributed by atoms with Gasteiger partial charge in [0.25, 0.3) is 0 Å². The van der Waals surface area contributed by atoms with Gasteiger partial charge in [0, 0.05) is 50.8 Å². The summed E-state index contributed by atoms with van der Waals surface area (Å²) in [5.41, 5.74) is 5.76. The third-order valence-electron chi connectivity index (χ3n) is 6.93. The highest BCUT2D eigenvalue weighted by atomic mass is 16.1. The molecule has 1 atom stereocenters. The fourth-order valence-corrected chi connectivity index (χ4v) is 4.87. The maximum Gasteiger partial charge on any atom is 0.333 e. The van der Waals surface area contributed by atoms with Gasteiger partial charge in [-0.25, -0.2) is 4.79 Å². The van der Waals surface area contributed by atoms with Crippen LogP contribution in [0.1, 0.15) is 29.7 Å². The maximum absolute atomic E-state index is 13.2. The van der Waals surface area contributed by atoms with Crippen molar-refractivity contribution >= 4 is 5.69 Å². The largest absolute Gasteiger partial charge is 0.369 e. The van der Waals surface area contributed by atoms with E-state index in [1.54, 1.807) is 9.13 Å². The molecular weight excluding hydrogens is 420 g/mol. The summed E-state index contributed by atoms with van der Waals surface area (Å²) in [5.74, 6) is 0. The van der Waals surface area contributed by atoms with Crippen molar-refractivity contribution in [2.75, 3.05) is 31.1 Å². The molecule has 4 aromatic rings. The van der Waals surface area contributed by atoms with Crippen molar-refractivity contribution in [1.29, 1.82) is 0 Å². The quantitative estimate of drug-likeness (QED) is 0.418. The summed E-state index contributed by atoms with van der Waals surface area (Å²) in [7, 11) is 0. The van der Waals surface area contributed by atoms with Crippen LogP contribution in [0.15, 0.2) is 96.1 Å². The molecule has 0 aliphatic carbocycles. The Labute approximate surface area is 201 Å². The summed E-state index contributed by atoms with van der Waals surface area (Å²) in [6.45, 7) is 9.29. The number of imidazole rings is 1. The Hall–Kier alpha value is -3.57. The molecule has 1 fully saturated rings. The zero-order valence-corrected chi connectivity index (χ0v) is 20.0. The smallest absolute Gasteiger partial charge is 0.333 e. The summed E-state index contributed by atoms with van der Waals surface area (Å²) >= 11 is 0. The SMILES string of the molecule is Cc1cc(N2CCN(Cc3ccccc3)CC2)ccc1-n1ccn([C@H](C)c2ccccc2)c1=O. The number of anilines is 1. The van der Waals surface area contributed by atoms with E-state index in [1.807, 2.05) is 30.6 Å². The summed E-state index contributed by atoms with van der Waals surface area (Å²) in [4.78, 5) is 18.2. The maximum atomic E-state index is 13.2. The molecule has 2 heterocycles. The van der Waals surface area contributed by atoms with E-state index in [0.29, 0.717) is 0 Å². The molecule has 5 nitrogen and oxygen atoms in total. The highest BCUT2D eigenvalue weighted by Crippen LogP contribution is 2.24. The zero-order chi connectivity index (χ0) is 23.5. The lowest BCUT2D eigenvalue weighted by Gasteiger charge is -2.36. The van der Waals surface area contributed by atoms with Crippen LogP contribution in [0.3, 0.4) is 0 Å². The molecule has 0 saturated carbocycles. The van der Waals surface area contributed by atoms with Gasteiger partial charge in [-0.15, -0.1) is 0 Å². The first kappa shape index (κ1) is 22.2. The molecule has 0 unspecified atom stereocenters. The molecule has 174 valence electrons. The fourth-order valence-electron chi connectivity index (χ4n) is 4.87. The minimum atomic E-state index is -0.0123. The molecule has 5 rings (SSSR count). The third-order valence-corrected chi connectivity index (χ3v) is 6.93. The number of rotatable bonds is 6. The number of piperazine rings is 1. The van der Waals surface area contributed by atoms with E-state index in [2.05, 4.69) is 84.3 Å². The minimum absolute atomic E-state index is 0.0123. The van der Waals surface area contributed by atoms with E-state index in [9.17, 15) is 4.79 Å². The van der Waals surface area contributed by atoms with E-state index in [1.165, 1.54) is 11.3 Å². The van der Waals surface area contributed by atoms with Crippen LogP contribution in [-0.2, 0) is 6.54 Å². The lowest BCUT2D eigenvalue weighted by Crippen LogP contribution is -2.46. The molecule has 0 radical (unpaired) electrons. The molecular formula is C29H32N4O. The molecule has 0 bridgehead atoms. The van der Waals surface area contributed by atoms with Crippen molar-refractivity contribution in [3.8, 4) is 5.69 Å². The number of hydrogen-bond donors (Lipinski definition) is 0. The second kappa shape index (κ2) is 9.74. The molecule has 1 aliphatic rings. The molecule has 0 amide bonds. The van der Waals surface area contributed by atoms with E-state index in [-0.39, 0.29) is 11.7 Å². The van der Waals surface area contributed by atoms with Crippen molar-refractivity contribution in [2.45, 2.75) is 26.4 Å². The highest BCUT2D eigenvalue weighted by molar-refractivity contribution is 5.55. The molecule has 34 heavy (non-hydrogen) atoms. The molecule has 1 aliphatic heterocycles. The number of aromatic nitrogens is 2. The number of nitrogens with zero attached hydrogens (tertiary/aromatic N) is 4. The first-order valence-corrected chi connectivity index (χ1v) is 12.1. The van der Waals surface area contributed by atoms with Gasteiger partial charge >= 0.3 is 5.69 Å². The average molecular weight is 453 g/mol. The second-order valence-corrected chi connectivity index (χ2v) is 9.16. The van der Waals surface area contributed by atoms with Crippen LogP contribution in [0.5, 0.6) is 0 Å². The van der Waals surface area contributed by atoms with Crippen molar-refractivity contribution < 1.29 is 0 Å². The van der Waals surface area contributed by atoms with Crippen LogP contribution < -0.4 is 10.6 Å². The Morgan fingerprint density at radius 3 is 2.18 bits per heavy atom. The number of benzene rings is 3. The Morgan fingerprint density at radius 2 is 1.50 bits per heavy atom. The molecule has 5 heteroatoms. The normalized spacial score (nSPS) is 15.4. The highest BCUT2D eigenvalue weighted by Gasteiger charge is 2.19. The first-order chi connectivity index (χ1) is 16.6. The predicted octanol–water partition coefficient (Wildman–Crippen LogP) is 4.88. The van der Waals surface area contributed by atoms with E-state index in [0.717, 1.165) is 49.5 Å². The Kier molecular flexibility index (Phi) is 6.37. The van der Waals surface area contributed by atoms with Crippen LogP contribution >= 0.6 is 0 Å². The Bertz CT molecular complexity index is 1280. The molecule has 1 aromatic heterocycles. The monoisotopic (exact) mass is 452 g/mol. The van der Waals surface area contributed by atoms with Crippen LogP contribution in [-0.4, -0.2) is 40.2 Å². The predicted molar refractivity (Wildman–Crippen MR) is 139 cm³/mol. The van der Waals surface area contributed by atoms with Gasteiger partial charge in [0.05, 0.1) is 11.7 Å². The van der Waals surface area contributed by atoms with Crippen molar-refractivity contribution in [3.63, 3.8) is 0 Å². The van der Waals surface area contributed by atoms with Crippen LogP contribution in [0.25, 0.3) is 5.69 Å². The number of aryl methyl sites for hydroxylation is 1. The summed E-state index contributed by atoms with van der Waals surface area (Å²) in [6.07, 6.45) is 3.77. The Balaban J connectivity index is 1.29. The van der Waals surface area contributed by atoms with Crippen LogP contribution in [0, 0.1) is 6.92 Å². The van der Waals surface area contributed by atoms with E-state index in [4.69, 9.17) is 0 Å². The van der Waals surface area contributed by atoms with Crippen LogP contribution in [0.4, 0.5) is 5.69 Å². The summed E-state index contributed by atoms with van der Waals surface area (Å²) in [5, 5.41) is 0. The lowest BCUT2D eigenvalue weighted by atomic mass is 10.1. The van der Waals surface area contributed by atoms with Gasteiger partial charge in [-0.05, 0) is 48.7 Å². The zero-order valence-electron chi connectivity index (χ0n) is 20.0. The van der Waals surface area contributed by atoms with Gasteiger partial charge < -0.3 is 4.90 Å². The topological polar surface area (TPSA) is 33.4 Å². The van der Waals surface area contributed by atoms with Crippen LogP contribution in [0.2, 0.25) is 0 Å². The van der Waals surface area contributed by atoms with Gasteiger partial charge in [-0.2, -0.15) is 0 Å². The Morgan fingerprint density at radius 1 is 0.824 bits per heavy atom. The molecule has 0 N–H and O–H groups in total. The first-order valence-electron chi connectivity index (χ1n) is 12.1. The van der Waals surface area contributed by atoms with Gasteiger partial charge in [-0.3, -0.25) is 14.0 Å². The summed E-state index contributed by atoms with van der Waals surface area (Å²) in [6, 6.07) is 27.3. The third kappa shape index (κ3) is 4.57. The van der Waals surface area contributed by atoms with Gasteiger partial charge in [-0.1, -0.05) is 60.7 Å². The second-order valence-electron chi connectivity index (χ2n) is 9.16. The van der Waals surface area contributed by atoms with E-state index >= 15 is 0 Å². The minimum Gasteiger partial charge on any atom is -0.369 e. The van der Waals surface area contributed by atoms with Gasteiger partial charge in [0.1, 0.15) is 0 Å². The standard InChI is InChI=1S/C29H32N4O/c1-23-21-27(31-17-15-30(16-18-31)22-25-9-5-3-6-10-25)13-14-28(23)33-20-19-32(29(33)34)24(2)26-11-7-4-8-12-26/h3-14,19-21,24H,15-18,22H2,1-2H3/t24-/m1/s1. The van der Waals surface area contributed by atoms with Crippen molar-refractivity contribution in [1.82, 2.24) is 14.0 Å².